The first kappa shape index (κ1) is 23.2. The topological polar surface area (TPSA) is 54.7 Å². The Balaban J connectivity index is 1.32. The Bertz CT molecular complexity index is 1290. The molecule has 0 bridgehead atoms. The van der Waals surface area contributed by atoms with Crippen molar-refractivity contribution in [2.45, 2.75) is 38.8 Å². The van der Waals surface area contributed by atoms with Gasteiger partial charge in [0.2, 0.25) is 0 Å². The van der Waals surface area contributed by atoms with E-state index in [4.69, 9.17) is 9.15 Å². The van der Waals surface area contributed by atoms with Crippen molar-refractivity contribution in [3.63, 3.8) is 0 Å². The molecule has 0 amide bonds. The first-order valence-electron chi connectivity index (χ1n) is 12.4. The van der Waals surface area contributed by atoms with Crippen LogP contribution in [0.15, 0.2) is 83.5 Å². The van der Waals surface area contributed by atoms with Crippen LogP contribution in [0.5, 0.6) is 0 Å². The van der Waals surface area contributed by atoms with Crippen molar-refractivity contribution in [2.75, 3.05) is 24.6 Å². The third-order valence-corrected chi connectivity index (χ3v) is 6.84. The maximum Gasteiger partial charge on any atom is 0.310 e. The quantitative estimate of drug-likeness (QED) is 0.315. The fraction of sp³-hybridized carbons (Fsp3) is 0.300. The molecule has 2 atom stereocenters. The molecular formula is C30H32N2O3. The summed E-state index contributed by atoms with van der Waals surface area (Å²) in [6, 6.07) is 25.8. The summed E-state index contributed by atoms with van der Waals surface area (Å²) >= 11 is 0. The van der Waals surface area contributed by atoms with Crippen molar-refractivity contribution >= 4 is 22.4 Å². The summed E-state index contributed by atoms with van der Waals surface area (Å²) in [5.74, 6) is 0.544. The fourth-order valence-corrected chi connectivity index (χ4v) is 5.17. The Morgan fingerprint density at radius 1 is 1.11 bits per heavy atom. The number of rotatable bonds is 8. The van der Waals surface area contributed by atoms with Gasteiger partial charge in [-0.25, -0.2) is 0 Å². The van der Waals surface area contributed by atoms with Crippen LogP contribution in [0.25, 0.3) is 22.1 Å². The Labute approximate surface area is 206 Å². The SMILES string of the molecule is CCOC(=O)Cc1cc(N2CC[C@H](N[C@H](C)c3cccc4ccccc34)C2)ccc1-c1ccco1. The molecule has 0 spiro atoms. The average Bonchev–Trinajstić information content (AvgIpc) is 3.56. The number of anilines is 1. The summed E-state index contributed by atoms with van der Waals surface area (Å²) in [7, 11) is 0. The van der Waals surface area contributed by atoms with Crippen LogP contribution >= 0.6 is 0 Å². The van der Waals surface area contributed by atoms with Gasteiger partial charge in [0, 0.05) is 36.4 Å². The van der Waals surface area contributed by atoms with Gasteiger partial charge >= 0.3 is 5.97 Å². The molecule has 1 N–H and O–H groups in total. The second-order valence-corrected chi connectivity index (χ2v) is 9.19. The Kier molecular flexibility index (Phi) is 6.87. The molecule has 1 aliphatic rings. The molecule has 4 aromatic rings. The lowest BCUT2D eigenvalue weighted by molar-refractivity contribution is -0.142. The zero-order chi connectivity index (χ0) is 24.2. The van der Waals surface area contributed by atoms with Crippen LogP contribution in [-0.4, -0.2) is 31.7 Å². The minimum Gasteiger partial charge on any atom is -0.466 e. The second kappa shape index (κ2) is 10.4. The summed E-state index contributed by atoms with van der Waals surface area (Å²) in [5.41, 5.74) is 4.32. The normalized spacial score (nSPS) is 16.5. The first-order chi connectivity index (χ1) is 17.1. The molecule has 0 unspecified atom stereocenters. The van der Waals surface area contributed by atoms with Crippen molar-refractivity contribution in [1.82, 2.24) is 5.32 Å². The molecule has 2 heterocycles. The molecule has 1 saturated heterocycles. The fourth-order valence-electron chi connectivity index (χ4n) is 5.17. The van der Waals surface area contributed by atoms with Crippen molar-refractivity contribution in [3.8, 4) is 11.3 Å². The number of ether oxygens (including phenoxy) is 1. The average molecular weight is 469 g/mol. The summed E-state index contributed by atoms with van der Waals surface area (Å²) in [5, 5.41) is 6.44. The van der Waals surface area contributed by atoms with E-state index in [1.54, 1.807) is 6.26 Å². The lowest BCUT2D eigenvalue weighted by Gasteiger charge is -2.23. The molecule has 0 radical (unpaired) electrons. The van der Waals surface area contributed by atoms with E-state index in [1.807, 2.05) is 19.1 Å². The Morgan fingerprint density at radius 2 is 1.97 bits per heavy atom. The Morgan fingerprint density at radius 3 is 2.80 bits per heavy atom. The predicted molar refractivity (Wildman–Crippen MR) is 141 cm³/mol. The third kappa shape index (κ3) is 5.10. The molecule has 1 fully saturated rings. The molecule has 0 saturated carbocycles. The largest absolute Gasteiger partial charge is 0.466 e. The van der Waals surface area contributed by atoms with Gasteiger partial charge in [0.25, 0.3) is 0 Å². The minimum absolute atomic E-state index is 0.220. The standard InChI is InChI=1S/C30H32N2O3/c1-3-34-30(33)19-23-18-25(13-14-28(23)29-12-7-17-35-29)32-16-15-24(20-32)31-21(2)26-11-6-9-22-8-4-5-10-27(22)26/h4-14,17-18,21,24,31H,3,15-16,19-20H2,1-2H3/t21-,24+/m1/s1. The lowest BCUT2D eigenvalue weighted by Crippen LogP contribution is -2.34. The number of esters is 1. The van der Waals surface area contributed by atoms with E-state index < -0.39 is 0 Å². The number of hydrogen-bond donors (Lipinski definition) is 1. The van der Waals surface area contributed by atoms with Crippen LogP contribution in [0.1, 0.15) is 37.4 Å². The molecule has 5 rings (SSSR count). The molecule has 5 heteroatoms. The highest BCUT2D eigenvalue weighted by atomic mass is 16.5. The minimum atomic E-state index is -0.220. The number of furan rings is 1. The second-order valence-electron chi connectivity index (χ2n) is 9.19. The number of carbonyl (C=O) groups excluding carboxylic acids is 1. The number of fused-ring (bicyclic) bond motifs is 1. The molecule has 180 valence electrons. The zero-order valence-corrected chi connectivity index (χ0v) is 20.4. The predicted octanol–water partition coefficient (Wildman–Crippen LogP) is 6.13. The van der Waals surface area contributed by atoms with Gasteiger partial charge in [-0.15, -0.1) is 0 Å². The van der Waals surface area contributed by atoms with Gasteiger partial charge in [-0.05, 0) is 72.5 Å². The number of hydrogen-bond acceptors (Lipinski definition) is 5. The van der Waals surface area contributed by atoms with E-state index >= 15 is 0 Å². The lowest BCUT2D eigenvalue weighted by atomic mass is 9.99. The van der Waals surface area contributed by atoms with Crippen molar-refractivity contribution < 1.29 is 13.9 Å². The molecule has 1 aliphatic heterocycles. The monoisotopic (exact) mass is 468 g/mol. The van der Waals surface area contributed by atoms with Crippen LogP contribution in [0.4, 0.5) is 5.69 Å². The van der Waals surface area contributed by atoms with Gasteiger partial charge < -0.3 is 19.4 Å². The number of nitrogens with one attached hydrogen (secondary N) is 1. The van der Waals surface area contributed by atoms with Gasteiger partial charge in [-0.1, -0.05) is 42.5 Å². The summed E-state index contributed by atoms with van der Waals surface area (Å²) in [6.45, 7) is 6.36. The highest BCUT2D eigenvalue weighted by molar-refractivity contribution is 5.86. The molecule has 1 aromatic heterocycles. The summed E-state index contributed by atoms with van der Waals surface area (Å²) in [6.07, 6.45) is 2.96. The number of carbonyl (C=O) groups is 1. The number of benzene rings is 3. The number of nitrogens with zero attached hydrogens (tertiary/aromatic N) is 1. The summed E-state index contributed by atoms with van der Waals surface area (Å²) < 4.78 is 10.8. The maximum absolute atomic E-state index is 12.3. The van der Waals surface area contributed by atoms with E-state index in [0.717, 1.165) is 42.1 Å². The molecular weight excluding hydrogens is 436 g/mol. The van der Waals surface area contributed by atoms with Crippen LogP contribution in [0.2, 0.25) is 0 Å². The van der Waals surface area contributed by atoms with Gasteiger partial charge in [-0.2, -0.15) is 0 Å². The van der Waals surface area contributed by atoms with Crippen molar-refractivity contribution in [2.24, 2.45) is 0 Å². The van der Waals surface area contributed by atoms with E-state index in [-0.39, 0.29) is 18.4 Å². The summed E-state index contributed by atoms with van der Waals surface area (Å²) in [4.78, 5) is 14.7. The van der Waals surface area contributed by atoms with E-state index in [1.165, 1.54) is 16.3 Å². The van der Waals surface area contributed by atoms with Gasteiger partial charge in [0.15, 0.2) is 0 Å². The third-order valence-electron chi connectivity index (χ3n) is 6.84. The zero-order valence-electron chi connectivity index (χ0n) is 20.4. The maximum atomic E-state index is 12.3. The Hall–Kier alpha value is -3.57. The molecule has 35 heavy (non-hydrogen) atoms. The van der Waals surface area contributed by atoms with Gasteiger partial charge in [0.1, 0.15) is 5.76 Å². The highest BCUT2D eigenvalue weighted by Gasteiger charge is 2.25. The molecule has 0 aliphatic carbocycles. The van der Waals surface area contributed by atoms with Gasteiger partial charge in [0.05, 0.1) is 19.3 Å². The van der Waals surface area contributed by atoms with E-state index in [2.05, 4.69) is 77.8 Å². The highest BCUT2D eigenvalue weighted by Crippen LogP contribution is 2.31. The van der Waals surface area contributed by atoms with Crippen molar-refractivity contribution in [1.29, 1.82) is 0 Å². The van der Waals surface area contributed by atoms with Crippen LogP contribution < -0.4 is 10.2 Å². The first-order valence-corrected chi connectivity index (χ1v) is 12.4. The van der Waals surface area contributed by atoms with Crippen LogP contribution in [0, 0.1) is 0 Å². The van der Waals surface area contributed by atoms with E-state index in [9.17, 15) is 4.79 Å². The van der Waals surface area contributed by atoms with Gasteiger partial charge in [-0.3, -0.25) is 4.79 Å². The molecule has 5 nitrogen and oxygen atoms in total. The van der Waals surface area contributed by atoms with E-state index in [0.29, 0.717) is 12.6 Å². The van der Waals surface area contributed by atoms with Crippen molar-refractivity contribution in [3.05, 3.63) is 90.2 Å². The van der Waals surface area contributed by atoms with Crippen LogP contribution in [0.3, 0.4) is 0 Å². The van der Waals surface area contributed by atoms with Crippen LogP contribution in [-0.2, 0) is 16.0 Å². The molecule has 3 aromatic carbocycles. The smallest absolute Gasteiger partial charge is 0.310 e.